The summed E-state index contributed by atoms with van der Waals surface area (Å²) >= 11 is 1.57. The van der Waals surface area contributed by atoms with Gasteiger partial charge in [-0.05, 0) is 6.92 Å². The van der Waals surface area contributed by atoms with E-state index >= 15 is 0 Å². The number of hydrogen-bond acceptors (Lipinski definition) is 5. The average molecular weight is 308 g/mol. The van der Waals surface area contributed by atoms with Crippen molar-refractivity contribution in [3.05, 3.63) is 23.5 Å². The minimum atomic E-state index is -0.314. The zero-order chi connectivity index (χ0) is 14.8. The van der Waals surface area contributed by atoms with Crippen LogP contribution in [-0.2, 0) is 11.2 Å². The van der Waals surface area contributed by atoms with Crippen LogP contribution in [0.2, 0.25) is 0 Å². The number of aromatic nitrogens is 2. The fraction of sp³-hybridized carbons (Fsp3) is 0.571. The Morgan fingerprint density at radius 2 is 2.19 bits per heavy atom. The highest BCUT2D eigenvalue weighted by atomic mass is 32.1. The maximum atomic E-state index is 12.3. The van der Waals surface area contributed by atoms with Crippen molar-refractivity contribution in [2.45, 2.75) is 19.4 Å². The van der Waals surface area contributed by atoms with Crippen LogP contribution >= 0.6 is 11.3 Å². The molecule has 6 nitrogen and oxygen atoms in total. The van der Waals surface area contributed by atoms with Gasteiger partial charge in [0.15, 0.2) is 4.96 Å². The van der Waals surface area contributed by atoms with Crippen molar-refractivity contribution in [1.29, 1.82) is 0 Å². The third-order valence-corrected chi connectivity index (χ3v) is 4.49. The molecule has 1 N–H and O–H groups in total. The second-order valence-electron chi connectivity index (χ2n) is 5.53. The van der Waals surface area contributed by atoms with Gasteiger partial charge in [0.25, 0.3) is 0 Å². The number of aliphatic hydroxyl groups is 1. The van der Waals surface area contributed by atoms with E-state index in [-0.39, 0.29) is 12.0 Å². The summed E-state index contributed by atoms with van der Waals surface area (Å²) in [5.41, 5.74) is 0.832. The van der Waals surface area contributed by atoms with Crippen LogP contribution < -0.4 is 0 Å². The van der Waals surface area contributed by atoms with E-state index in [4.69, 9.17) is 0 Å². The summed E-state index contributed by atoms with van der Waals surface area (Å²) < 4.78 is 1.95. The van der Waals surface area contributed by atoms with Crippen LogP contribution in [0.5, 0.6) is 0 Å². The van der Waals surface area contributed by atoms with Crippen molar-refractivity contribution in [1.82, 2.24) is 19.2 Å². The van der Waals surface area contributed by atoms with Gasteiger partial charge in [-0.25, -0.2) is 4.98 Å². The quantitative estimate of drug-likeness (QED) is 0.891. The molecule has 0 aromatic carbocycles. The van der Waals surface area contributed by atoms with Gasteiger partial charge in [-0.1, -0.05) is 0 Å². The molecular weight excluding hydrogens is 288 g/mol. The standard InChI is InChI=1S/C14H20N4O2S/c1-11(19)9-16-2-4-17(5-3-16)13(20)8-12-10-18-6-7-21-14(18)15-12/h6-7,10-11,19H,2-5,8-9H2,1H3. The molecule has 1 saturated heterocycles. The maximum Gasteiger partial charge on any atom is 0.228 e. The van der Waals surface area contributed by atoms with Crippen LogP contribution in [0.4, 0.5) is 0 Å². The third kappa shape index (κ3) is 3.42. The first-order valence-electron chi connectivity index (χ1n) is 7.21. The summed E-state index contributed by atoms with van der Waals surface area (Å²) in [5.74, 6) is 0.137. The SMILES string of the molecule is CC(O)CN1CCN(C(=O)Cc2cn3ccsc3n2)CC1. The summed E-state index contributed by atoms with van der Waals surface area (Å²) in [5, 5.41) is 11.4. The Labute approximate surface area is 127 Å². The number of carbonyl (C=O) groups is 1. The molecule has 1 fully saturated rings. The summed E-state index contributed by atoms with van der Waals surface area (Å²) in [6, 6.07) is 0. The van der Waals surface area contributed by atoms with E-state index in [1.54, 1.807) is 18.3 Å². The fourth-order valence-electron chi connectivity index (χ4n) is 2.68. The minimum Gasteiger partial charge on any atom is -0.392 e. The number of nitrogens with zero attached hydrogens (tertiary/aromatic N) is 4. The van der Waals surface area contributed by atoms with Crippen molar-refractivity contribution in [2.75, 3.05) is 32.7 Å². The molecule has 1 unspecified atom stereocenters. The number of thiazole rings is 1. The maximum absolute atomic E-state index is 12.3. The first kappa shape index (κ1) is 14.5. The number of piperazine rings is 1. The van der Waals surface area contributed by atoms with Crippen molar-refractivity contribution in [3.8, 4) is 0 Å². The Hall–Kier alpha value is -1.44. The van der Waals surface area contributed by atoms with Gasteiger partial charge in [-0.15, -0.1) is 11.3 Å². The molecular formula is C14H20N4O2S. The Morgan fingerprint density at radius 3 is 2.86 bits per heavy atom. The summed E-state index contributed by atoms with van der Waals surface area (Å²) in [6.07, 6.45) is 3.93. The molecule has 114 valence electrons. The molecule has 2 aromatic heterocycles. The number of β-amino-alcohol motifs (C(OH)–C–C–N with tert-alkyl or cyclic N) is 1. The topological polar surface area (TPSA) is 61.1 Å². The molecule has 1 atom stereocenters. The van der Waals surface area contributed by atoms with Gasteiger partial charge in [-0.3, -0.25) is 14.1 Å². The number of imidazole rings is 1. The second kappa shape index (κ2) is 6.13. The Balaban J connectivity index is 1.53. The van der Waals surface area contributed by atoms with Crippen LogP contribution in [0.1, 0.15) is 12.6 Å². The largest absolute Gasteiger partial charge is 0.392 e. The zero-order valence-corrected chi connectivity index (χ0v) is 12.9. The summed E-state index contributed by atoms with van der Waals surface area (Å²) in [4.78, 5) is 21.8. The molecule has 3 heterocycles. The third-order valence-electron chi connectivity index (χ3n) is 3.72. The van der Waals surface area contributed by atoms with Crippen LogP contribution in [-0.4, -0.2) is 69.0 Å². The monoisotopic (exact) mass is 308 g/mol. The number of carbonyl (C=O) groups excluding carboxylic acids is 1. The normalized spacial score (nSPS) is 18.3. The lowest BCUT2D eigenvalue weighted by Crippen LogP contribution is -2.50. The Kier molecular flexibility index (Phi) is 4.23. The molecule has 0 bridgehead atoms. The first-order valence-corrected chi connectivity index (χ1v) is 8.09. The number of rotatable bonds is 4. The van der Waals surface area contributed by atoms with Crippen LogP contribution in [0.25, 0.3) is 4.96 Å². The van der Waals surface area contributed by atoms with Gasteiger partial charge in [-0.2, -0.15) is 0 Å². The van der Waals surface area contributed by atoms with Crippen molar-refractivity contribution < 1.29 is 9.90 Å². The number of hydrogen-bond donors (Lipinski definition) is 1. The van der Waals surface area contributed by atoms with Gasteiger partial charge in [0.1, 0.15) is 0 Å². The molecule has 3 rings (SSSR count). The van der Waals surface area contributed by atoms with Crippen molar-refractivity contribution in [2.24, 2.45) is 0 Å². The molecule has 0 aliphatic carbocycles. The van der Waals surface area contributed by atoms with E-state index in [1.807, 2.05) is 27.1 Å². The average Bonchev–Trinajstić information content (AvgIpc) is 2.99. The Morgan fingerprint density at radius 1 is 1.43 bits per heavy atom. The van der Waals surface area contributed by atoms with Crippen LogP contribution in [0, 0.1) is 0 Å². The van der Waals surface area contributed by atoms with E-state index in [9.17, 15) is 9.90 Å². The van der Waals surface area contributed by atoms with E-state index in [1.165, 1.54) is 0 Å². The van der Waals surface area contributed by atoms with E-state index in [0.29, 0.717) is 13.0 Å². The van der Waals surface area contributed by atoms with Gasteiger partial charge < -0.3 is 10.0 Å². The molecule has 0 spiro atoms. The zero-order valence-electron chi connectivity index (χ0n) is 12.1. The summed E-state index contributed by atoms with van der Waals surface area (Å²) in [6.45, 7) is 5.59. The predicted octanol–water partition coefficient (Wildman–Crippen LogP) is 0.463. The molecule has 0 saturated carbocycles. The molecule has 21 heavy (non-hydrogen) atoms. The first-order chi connectivity index (χ1) is 10.1. The number of amides is 1. The van der Waals surface area contributed by atoms with Gasteiger partial charge in [0.05, 0.1) is 18.2 Å². The number of fused-ring (bicyclic) bond motifs is 1. The molecule has 2 aromatic rings. The Bertz CT molecular complexity index is 585. The van der Waals surface area contributed by atoms with Gasteiger partial charge in [0.2, 0.25) is 5.91 Å². The lowest BCUT2D eigenvalue weighted by atomic mass is 10.2. The lowest BCUT2D eigenvalue weighted by Gasteiger charge is -2.35. The highest BCUT2D eigenvalue weighted by molar-refractivity contribution is 7.15. The van der Waals surface area contributed by atoms with Crippen molar-refractivity contribution in [3.63, 3.8) is 0 Å². The summed E-state index contributed by atoms with van der Waals surface area (Å²) in [7, 11) is 0. The van der Waals surface area contributed by atoms with Crippen molar-refractivity contribution >= 4 is 22.2 Å². The molecule has 1 aliphatic rings. The van der Waals surface area contributed by atoms with Gasteiger partial charge in [0, 0.05) is 50.5 Å². The number of aliphatic hydroxyl groups excluding tert-OH is 1. The minimum absolute atomic E-state index is 0.137. The molecule has 7 heteroatoms. The second-order valence-corrected chi connectivity index (χ2v) is 6.41. The van der Waals surface area contributed by atoms with E-state index in [0.717, 1.165) is 36.8 Å². The predicted molar refractivity (Wildman–Crippen MR) is 81.5 cm³/mol. The van der Waals surface area contributed by atoms with Crippen LogP contribution in [0.3, 0.4) is 0 Å². The fourth-order valence-corrected chi connectivity index (χ4v) is 3.40. The molecule has 0 radical (unpaired) electrons. The highest BCUT2D eigenvalue weighted by Gasteiger charge is 2.22. The van der Waals surface area contributed by atoms with E-state index < -0.39 is 0 Å². The van der Waals surface area contributed by atoms with Crippen LogP contribution in [0.15, 0.2) is 17.8 Å². The highest BCUT2D eigenvalue weighted by Crippen LogP contribution is 2.13. The smallest absolute Gasteiger partial charge is 0.228 e. The van der Waals surface area contributed by atoms with Gasteiger partial charge >= 0.3 is 0 Å². The lowest BCUT2D eigenvalue weighted by molar-refractivity contribution is -0.132. The van der Waals surface area contributed by atoms with E-state index in [2.05, 4.69) is 9.88 Å². The molecule has 1 aliphatic heterocycles. The molecule has 1 amide bonds.